The number of thiocarbonyl (C=S) groups is 1. The summed E-state index contributed by atoms with van der Waals surface area (Å²) in [5.74, 6) is 0.135. The first kappa shape index (κ1) is 16.7. The number of hydrogen-bond acceptors (Lipinski definition) is 4. The van der Waals surface area contributed by atoms with Gasteiger partial charge in [-0.3, -0.25) is 4.79 Å². The van der Waals surface area contributed by atoms with Gasteiger partial charge in [0.1, 0.15) is 10.7 Å². The molecule has 0 aromatic heterocycles. The summed E-state index contributed by atoms with van der Waals surface area (Å²) < 4.78 is 10.4. The molecular weight excluding hydrogens is 300 g/mol. The Hall–Kier alpha value is -1.37. The smallest absolute Gasteiger partial charge is 0.260 e. The van der Waals surface area contributed by atoms with Gasteiger partial charge in [0.2, 0.25) is 0 Å². The Kier molecular flexibility index (Phi) is 6.70. The summed E-state index contributed by atoms with van der Waals surface area (Å²) in [5.41, 5.74) is 6.15. The van der Waals surface area contributed by atoms with Gasteiger partial charge in [-0.1, -0.05) is 23.8 Å². The molecular formula is C13H17ClN2O3S. The minimum absolute atomic E-state index is 0.184. The van der Waals surface area contributed by atoms with Gasteiger partial charge in [-0.2, -0.15) is 0 Å². The number of nitrogens with two attached hydrogens (primary N) is 1. The predicted octanol–water partition coefficient (Wildman–Crippen LogP) is 1.50. The first-order valence-corrected chi connectivity index (χ1v) is 6.77. The lowest BCUT2D eigenvalue weighted by molar-refractivity contribution is -0.127. The lowest BCUT2D eigenvalue weighted by Gasteiger charge is -2.17. The Morgan fingerprint density at radius 2 is 2.25 bits per heavy atom. The fourth-order valence-electron chi connectivity index (χ4n) is 1.46. The van der Waals surface area contributed by atoms with Gasteiger partial charge in [0, 0.05) is 18.7 Å². The second-order valence-corrected chi connectivity index (χ2v) is 4.92. The number of benzene rings is 1. The van der Waals surface area contributed by atoms with Crippen molar-refractivity contribution in [3.63, 3.8) is 0 Å². The van der Waals surface area contributed by atoms with Crippen LogP contribution in [0.4, 0.5) is 0 Å². The molecule has 0 saturated heterocycles. The third-order valence-corrected chi connectivity index (χ3v) is 2.94. The van der Waals surface area contributed by atoms with Gasteiger partial charge < -0.3 is 20.5 Å². The highest BCUT2D eigenvalue weighted by Gasteiger charge is 2.17. The van der Waals surface area contributed by atoms with Crippen molar-refractivity contribution >= 4 is 34.7 Å². The molecule has 0 bridgehead atoms. The number of methoxy groups -OCH3 is 1. The lowest BCUT2D eigenvalue weighted by atomic mass is 10.2. The van der Waals surface area contributed by atoms with Crippen LogP contribution in [-0.4, -0.2) is 37.3 Å². The topological polar surface area (TPSA) is 73.6 Å². The van der Waals surface area contributed by atoms with Crippen molar-refractivity contribution in [2.75, 3.05) is 20.3 Å². The molecule has 1 unspecified atom stereocenters. The van der Waals surface area contributed by atoms with Crippen LogP contribution in [-0.2, 0) is 9.53 Å². The summed E-state index contributed by atoms with van der Waals surface area (Å²) in [5, 5.41) is 3.16. The summed E-state index contributed by atoms with van der Waals surface area (Å²) in [6.45, 7) is 2.49. The minimum atomic E-state index is -0.696. The van der Waals surface area contributed by atoms with Crippen LogP contribution in [0.3, 0.4) is 0 Å². The third-order valence-electron chi connectivity index (χ3n) is 2.49. The first-order valence-electron chi connectivity index (χ1n) is 5.98. The molecule has 0 aliphatic carbocycles. The number of nitrogens with one attached hydrogen (secondary N) is 1. The average Bonchev–Trinajstić information content (AvgIpc) is 2.38. The number of halogens is 1. The molecule has 5 nitrogen and oxygen atoms in total. The molecule has 1 atom stereocenters. The van der Waals surface area contributed by atoms with Crippen molar-refractivity contribution in [1.82, 2.24) is 5.32 Å². The highest BCUT2D eigenvalue weighted by molar-refractivity contribution is 7.80. The Labute approximate surface area is 128 Å². The number of hydrogen-bond donors (Lipinski definition) is 2. The quantitative estimate of drug-likeness (QED) is 0.589. The Balaban J connectivity index is 2.74. The summed E-state index contributed by atoms with van der Waals surface area (Å²) in [4.78, 5) is 12.0. The summed E-state index contributed by atoms with van der Waals surface area (Å²) >= 11 is 10.8. The first-order chi connectivity index (χ1) is 9.45. The van der Waals surface area contributed by atoms with Gasteiger partial charge in [-0.05, 0) is 25.1 Å². The average molecular weight is 317 g/mol. The zero-order chi connectivity index (χ0) is 15.1. The van der Waals surface area contributed by atoms with E-state index >= 15 is 0 Å². The van der Waals surface area contributed by atoms with Crippen LogP contribution in [0.5, 0.6) is 5.75 Å². The maximum absolute atomic E-state index is 11.8. The van der Waals surface area contributed by atoms with E-state index in [4.69, 9.17) is 39.0 Å². The van der Waals surface area contributed by atoms with E-state index in [1.807, 2.05) is 0 Å². The summed E-state index contributed by atoms with van der Waals surface area (Å²) in [6, 6.07) is 4.90. The van der Waals surface area contributed by atoms with Crippen LogP contribution < -0.4 is 15.8 Å². The van der Waals surface area contributed by atoms with Crippen LogP contribution in [0, 0.1) is 0 Å². The fraction of sp³-hybridized carbons (Fsp3) is 0.385. The molecule has 3 N–H and O–H groups in total. The van der Waals surface area contributed by atoms with Crippen molar-refractivity contribution in [3.05, 3.63) is 28.8 Å². The molecule has 1 rings (SSSR count). The maximum Gasteiger partial charge on any atom is 0.260 e. The molecule has 0 spiro atoms. The minimum Gasteiger partial charge on any atom is -0.480 e. The Morgan fingerprint density at radius 1 is 1.55 bits per heavy atom. The normalized spacial score (nSPS) is 11.8. The number of rotatable bonds is 7. The van der Waals surface area contributed by atoms with E-state index in [0.717, 1.165) is 0 Å². The summed E-state index contributed by atoms with van der Waals surface area (Å²) in [6.07, 6.45) is -0.696. The SMILES string of the molecule is COCCNC(=O)C(C)Oc1cc(Cl)ccc1C(N)=S. The number of amides is 1. The van der Waals surface area contributed by atoms with E-state index in [1.54, 1.807) is 32.2 Å². The molecule has 0 fully saturated rings. The maximum atomic E-state index is 11.8. The van der Waals surface area contributed by atoms with Crippen molar-refractivity contribution in [2.24, 2.45) is 5.73 Å². The molecule has 0 aliphatic rings. The molecule has 0 radical (unpaired) electrons. The van der Waals surface area contributed by atoms with Gasteiger partial charge in [-0.25, -0.2) is 0 Å². The van der Waals surface area contributed by atoms with Gasteiger partial charge in [0.15, 0.2) is 6.10 Å². The van der Waals surface area contributed by atoms with E-state index in [0.29, 0.717) is 29.5 Å². The van der Waals surface area contributed by atoms with E-state index in [-0.39, 0.29) is 10.9 Å². The van der Waals surface area contributed by atoms with Crippen LogP contribution >= 0.6 is 23.8 Å². The van der Waals surface area contributed by atoms with Gasteiger partial charge in [-0.15, -0.1) is 0 Å². The van der Waals surface area contributed by atoms with Crippen molar-refractivity contribution in [2.45, 2.75) is 13.0 Å². The molecule has 1 aromatic rings. The highest BCUT2D eigenvalue weighted by atomic mass is 35.5. The van der Waals surface area contributed by atoms with E-state index in [2.05, 4.69) is 5.32 Å². The number of ether oxygens (including phenoxy) is 2. The van der Waals surface area contributed by atoms with Crippen LogP contribution in [0.2, 0.25) is 5.02 Å². The standard InChI is InChI=1S/C13H17ClN2O3S/c1-8(13(17)16-5-6-18-2)19-11-7-9(14)3-4-10(11)12(15)20/h3-4,7-8H,5-6H2,1-2H3,(H2,15,20)(H,16,17). The second kappa shape index (κ2) is 8.04. The fourth-order valence-corrected chi connectivity index (χ4v) is 1.79. The zero-order valence-corrected chi connectivity index (χ0v) is 12.9. The largest absolute Gasteiger partial charge is 0.480 e. The third kappa shape index (κ3) is 4.96. The van der Waals surface area contributed by atoms with Gasteiger partial charge >= 0.3 is 0 Å². The van der Waals surface area contributed by atoms with Crippen LogP contribution in [0.25, 0.3) is 0 Å². The molecule has 1 amide bonds. The number of carbonyl (C=O) groups is 1. The predicted molar refractivity (Wildman–Crippen MR) is 82.3 cm³/mol. The summed E-state index contributed by atoms with van der Waals surface area (Å²) in [7, 11) is 1.56. The van der Waals surface area contributed by atoms with Crippen molar-refractivity contribution in [1.29, 1.82) is 0 Å². The van der Waals surface area contributed by atoms with Gasteiger partial charge in [0.25, 0.3) is 5.91 Å². The van der Waals surface area contributed by atoms with E-state index in [9.17, 15) is 4.79 Å². The van der Waals surface area contributed by atoms with Crippen molar-refractivity contribution < 1.29 is 14.3 Å². The lowest BCUT2D eigenvalue weighted by Crippen LogP contribution is -2.38. The molecule has 110 valence electrons. The zero-order valence-electron chi connectivity index (χ0n) is 11.3. The van der Waals surface area contributed by atoms with E-state index < -0.39 is 6.10 Å². The van der Waals surface area contributed by atoms with Gasteiger partial charge in [0.05, 0.1) is 12.2 Å². The van der Waals surface area contributed by atoms with Crippen molar-refractivity contribution in [3.8, 4) is 5.75 Å². The number of carbonyl (C=O) groups excluding carboxylic acids is 1. The molecule has 20 heavy (non-hydrogen) atoms. The highest BCUT2D eigenvalue weighted by Crippen LogP contribution is 2.24. The van der Waals surface area contributed by atoms with Crippen LogP contribution in [0.1, 0.15) is 12.5 Å². The molecule has 0 aliphatic heterocycles. The molecule has 7 heteroatoms. The monoisotopic (exact) mass is 316 g/mol. The molecule has 1 aromatic carbocycles. The Morgan fingerprint density at radius 3 is 2.85 bits per heavy atom. The molecule has 0 saturated carbocycles. The molecule has 0 heterocycles. The second-order valence-electron chi connectivity index (χ2n) is 4.05. The Bertz CT molecular complexity index is 497. The van der Waals surface area contributed by atoms with Crippen LogP contribution in [0.15, 0.2) is 18.2 Å². The van der Waals surface area contributed by atoms with E-state index in [1.165, 1.54) is 0 Å².